The van der Waals surface area contributed by atoms with Gasteiger partial charge >= 0.3 is 6.18 Å². The summed E-state index contributed by atoms with van der Waals surface area (Å²) in [6.45, 7) is 0. The number of alkyl halides is 3. The number of hydrogen-bond donors (Lipinski definition) is 0. The van der Waals surface area contributed by atoms with Gasteiger partial charge in [-0.25, -0.2) is 0 Å². The third-order valence-electron chi connectivity index (χ3n) is 1.57. The van der Waals surface area contributed by atoms with Crippen molar-refractivity contribution in [2.24, 2.45) is 0 Å². The van der Waals surface area contributed by atoms with E-state index in [1.807, 2.05) is 0 Å². The van der Waals surface area contributed by atoms with Gasteiger partial charge in [0.25, 0.3) is 0 Å². The summed E-state index contributed by atoms with van der Waals surface area (Å²) in [4.78, 5) is -0.246. The molecule has 0 spiro atoms. The highest BCUT2D eigenvalue weighted by Crippen LogP contribution is 2.36. The molecule has 0 fully saturated rings. The molecule has 0 amide bonds. The van der Waals surface area contributed by atoms with Gasteiger partial charge in [-0.1, -0.05) is 0 Å². The quantitative estimate of drug-likeness (QED) is 0.548. The lowest BCUT2D eigenvalue weighted by Crippen LogP contribution is -2.06. The topological polar surface area (TPSA) is 47.6 Å². The van der Waals surface area contributed by atoms with Crippen molar-refractivity contribution in [3.8, 4) is 11.5 Å². The van der Waals surface area contributed by atoms with Gasteiger partial charge in [-0.2, -0.15) is 23.7 Å². The Balaban J connectivity index is 3.30. The molecule has 0 unspecified atom stereocenters. The molecule has 15 heavy (non-hydrogen) atoms. The molecule has 0 saturated heterocycles. The maximum Gasteiger partial charge on any atom is 0.417 e. The number of rotatable bonds is 1. The van der Waals surface area contributed by atoms with Crippen LogP contribution in [0, 0.1) is 22.0 Å². The summed E-state index contributed by atoms with van der Waals surface area (Å²) in [7, 11) is 0. The zero-order valence-corrected chi connectivity index (χ0v) is 7.99. The van der Waals surface area contributed by atoms with Gasteiger partial charge in [0.1, 0.15) is 5.40 Å². The lowest BCUT2D eigenvalue weighted by molar-refractivity contribution is -0.139. The molecule has 1 aromatic carbocycles. The summed E-state index contributed by atoms with van der Waals surface area (Å²) in [5, 5.41) is 18.4. The second kappa shape index (κ2) is 4.24. The van der Waals surface area contributed by atoms with Crippen LogP contribution in [0.2, 0.25) is 0 Å². The van der Waals surface area contributed by atoms with Crippen molar-refractivity contribution < 1.29 is 13.2 Å². The SMILES string of the molecule is N#CSc1cc(C#N)ccc1C(F)(F)F. The summed E-state index contributed by atoms with van der Waals surface area (Å²) in [5.74, 6) is 0. The Hall–Kier alpha value is -1.66. The van der Waals surface area contributed by atoms with Crippen LogP contribution < -0.4 is 0 Å². The second-order valence-corrected chi connectivity index (χ2v) is 3.34. The molecule has 1 rings (SSSR count). The second-order valence-electron chi connectivity index (χ2n) is 2.51. The van der Waals surface area contributed by atoms with Crippen molar-refractivity contribution >= 4 is 11.8 Å². The maximum atomic E-state index is 12.4. The monoisotopic (exact) mass is 228 g/mol. The minimum Gasteiger partial charge on any atom is -0.192 e. The summed E-state index contributed by atoms with van der Waals surface area (Å²) in [6.07, 6.45) is -4.51. The molecule has 0 heterocycles. The van der Waals surface area contributed by atoms with Gasteiger partial charge < -0.3 is 0 Å². The minimum absolute atomic E-state index is 0.0979. The molecule has 0 aliphatic heterocycles. The van der Waals surface area contributed by atoms with Crippen LogP contribution in [-0.4, -0.2) is 0 Å². The van der Waals surface area contributed by atoms with E-state index in [0.717, 1.165) is 18.2 Å². The average Bonchev–Trinajstić information content (AvgIpc) is 2.16. The molecular weight excluding hydrogens is 225 g/mol. The van der Waals surface area contributed by atoms with Gasteiger partial charge in [0, 0.05) is 4.90 Å². The first-order valence-electron chi connectivity index (χ1n) is 3.66. The number of hydrogen-bond acceptors (Lipinski definition) is 3. The highest BCUT2D eigenvalue weighted by Gasteiger charge is 2.33. The number of benzene rings is 1. The molecule has 0 aliphatic carbocycles. The van der Waals surface area contributed by atoms with Crippen LogP contribution >= 0.6 is 11.8 Å². The Morgan fingerprint density at radius 2 is 1.87 bits per heavy atom. The maximum absolute atomic E-state index is 12.4. The van der Waals surface area contributed by atoms with Gasteiger partial charge in [0.05, 0.1) is 17.2 Å². The molecular formula is C9H3F3N2S. The van der Waals surface area contributed by atoms with E-state index in [2.05, 4.69) is 0 Å². The molecule has 0 N–H and O–H groups in total. The first-order chi connectivity index (χ1) is 6.99. The van der Waals surface area contributed by atoms with Crippen LogP contribution in [0.15, 0.2) is 23.1 Å². The molecule has 1 aromatic rings. The van der Waals surface area contributed by atoms with E-state index < -0.39 is 11.7 Å². The van der Waals surface area contributed by atoms with Crippen LogP contribution in [0.1, 0.15) is 11.1 Å². The number of thiocyanates is 1. The Kier molecular flexibility index (Phi) is 3.23. The predicted octanol–water partition coefficient (Wildman–Crippen LogP) is 3.15. The summed E-state index contributed by atoms with van der Waals surface area (Å²) in [5.41, 5.74) is -0.797. The summed E-state index contributed by atoms with van der Waals surface area (Å²) >= 11 is 0.393. The standard InChI is InChI=1S/C9H3F3N2S/c10-9(11,12)7-2-1-6(4-13)3-8(7)15-5-14/h1-3H. The van der Waals surface area contributed by atoms with Crippen molar-refractivity contribution in [3.05, 3.63) is 29.3 Å². The molecule has 76 valence electrons. The Labute approximate surface area is 87.9 Å². The Morgan fingerprint density at radius 3 is 2.33 bits per heavy atom. The highest BCUT2D eigenvalue weighted by atomic mass is 32.2. The van der Waals surface area contributed by atoms with Gasteiger partial charge in [0.2, 0.25) is 0 Å². The Morgan fingerprint density at radius 1 is 1.20 bits per heavy atom. The third-order valence-corrected chi connectivity index (χ3v) is 2.22. The molecule has 0 aliphatic rings. The van der Waals surface area contributed by atoms with E-state index in [9.17, 15) is 13.2 Å². The van der Waals surface area contributed by atoms with E-state index in [1.54, 1.807) is 11.5 Å². The summed E-state index contributed by atoms with van der Waals surface area (Å²) < 4.78 is 37.2. The normalized spacial score (nSPS) is 10.5. The van der Waals surface area contributed by atoms with Crippen LogP contribution in [0.3, 0.4) is 0 Å². The van der Waals surface area contributed by atoms with E-state index in [-0.39, 0.29) is 10.5 Å². The zero-order chi connectivity index (χ0) is 11.5. The smallest absolute Gasteiger partial charge is 0.192 e. The van der Waals surface area contributed by atoms with Crippen molar-refractivity contribution in [2.75, 3.05) is 0 Å². The van der Waals surface area contributed by atoms with E-state index >= 15 is 0 Å². The Bertz CT molecular complexity index is 454. The molecule has 0 bridgehead atoms. The van der Waals surface area contributed by atoms with Crippen LogP contribution in [0.5, 0.6) is 0 Å². The molecule has 0 radical (unpaired) electrons. The van der Waals surface area contributed by atoms with Gasteiger partial charge in [-0.15, -0.1) is 0 Å². The lowest BCUT2D eigenvalue weighted by Gasteiger charge is -2.09. The number of nitriles is 2. The first-order valence-corrected chi connectivity index (χ1v) is 4.48. The van der Waals surface area contributed by atoms with Crippen LogP contribution in [0.4, 0.5) is 13.2 Å². The third kappa shape index (κ3) is 2.64. The van der Waals surface area contributed by atoms with E-state index in [4.69, 9.17) is 10.5 Å². The van der Waals surface area contributed by atoms with Gasteiger partial charge in [0.15, 0.2) is 0 Å². The molecule has 2 nitrogen and oxygen atoms in total. The lowest BCUT2D eigenvalue weighted by atomic mass is 10.1. The van der Waals surface area contributed by atoms with Crippen molar-refractivity contribution in [2.45, 2.75) is 11.1 Å². The number of nitrogens with zero attached hydrogens (tertiary/aromatic N) is 2. The fraction of sp³-hybridized carbons (Fsp3) is 0.111. The number of halogens is 3. The molecule has 0 saturated carbocycles. The van der Waals surface area contributed by atoms with Crippen molar-refractivity contribution in [1.82, 2.24) is 0 Å². The van der Waals surface area contributed by atoms with Gasteiger partial charge in [-0.05, 0) is 30.0 Å². The molecule has 0 aromatic heterocycles. The molecule has 0 atom stereocenters. The fourth-order valence-electron chi connectivity index (χ4n) is 0.960. The van der Waals surface area contributed by atoms with E-state index in [1.165, 1.54) is 0 Å². The minimum atomic E-state index is -4.51. The first kappa shape index (κ1) is 11.4. The van der Waals surface area contributed by atoms with Crippen molar-refractivity contribution in [3.63, 3.8) is 0 Å². The zero-order valence-electron chi connectivity index (χ0n) is 7.17. The fourth-order valence-corrected chi connectivity index (χ4v) is 1.54. The summed E-state index contributed by atoms with van der Waals surface area (Å²) in [6, 6.07) is 4.64. The van der Waals surface area contributed by atoms with Crippen LogP contribution in [0.25, 0.3) is 0 Å². The number of thioether (sulfide) groups is 1. The van der Waals surface area contributed by atoms with Crippen LogP contribution in [-0.2, 0) is 6.18 Å². The largest absolute Gasteiger partial charge is 0.417 e. The highest BCUT2D eigenvalue weighted by molar-refractivity contribution is 8.03. The predicted molar refractivity (Wildman–Crippen MR) is 47.6 cm³/mol. The molecule has 6 heteroatoms. The average molecular weight is 228 g/mol. The van der Waals surface area contributed by atoms with Gasteiger partial charge in [-0.3, -0.25) is 0 Å². The van der Waals surface area contributed by atoms with E-state index in [0.29, 0.717) is 11.8 Å². The van der Waals surface area contributed by atoms with Crippen molar-refractivity contribution in [1.29, 1.82) is 10.5 Å².